The van der Waals surface area contributed by atoms with Gasteiger partial charge in [0.05, 0.1) is 20.3 Å². The molecule has 1 aromatic rings. The number of benzene rings is 1. The second kappa shape index (κ2) is 11.6. The first kappa shape index (κ1) is 29.6. The largest absolute Gasteiger partial charge is 0.496 e. The van der Waals surface area contributed by atoms with E-state index >= 15 is 0 Å². The summed E-state index contributed by atoms with van der Waals surface area (Å²) in [5.74, 6) is -0.360. The highest BCUT2D eigenvalue weighted by Crippen LogP contribution is 2.37. The molecule has 7 N–H and O–H groups in total. The molecule has 39 heavy (non-hydrogen) atoms. The van der Waals surface area contributed by atoms with Crippen molar-refractivity contribution >= 4 is 12.0 Å². The van der Waals surface area contributed by atoms with Gasteiger partial charge in [-0.2, -0.15) is 0 Å². The number of hydrogen-bond donors (Lipinski definition) is 7. The lowest BCUT2D eigenvalue weighted by Crippen LogP contribution is -2.61. The van der Waals surface area contributed by atoms with Gasteiger partial charge in [-0.3, -0.25) is 0 Å². The standard InChI is InChI=1S/C25H34O14/c1-25(2)5-4-10-6-11(13(34-3)7-12(10)39-25)22(33)38-24-21(32)19(30)17(28)15(37-24)9-35-23-20(31)18(29)16(27)14(8-26)36-23/h4-7,14-21,23-24,26-32H,8-9H2,1-3H3/t14?,15?,16-,17-,18?,19?,20-,21-,23?,24?/m1/s1. The van der Waals surface area contributed by atoms with Crippen LogP contribution in [0.3, 0.4) is 0 Å². The second-order valence-electron chi connectivity index (χ2n) is 10.1. The van der Waals surface area contributed by atoms with E-state index in [9.17, 15) is 40.5 Å². The fraction of sp³-hybridized carbons (Fsp3) is 0.640. The normalized spacial score (nSPS) is 37.5. The van der Waals surface area contributed by atoms with E-state index in [1.807, 2.05) is 19.9 Å². The maximum absolute atomic E-state index is 13.1. The lowest BCUT2D eigenvalue weighted by molar-refractivity contribution is -0.325. The maximum atomic E-state index is 13.1. The average molecular weight is 559 g/mol. The zero-order chi connectivity index (χ0) is 28.6. The van der Waals surface area contributed by atoms with Crippen LogP contribution in [0.4, 0.5) is 0 Å². The van der Waals surface area contributed by atoms with Crippen LogP contribution in [-0.2, 0) is 18.9 Å². The highest BCUT2D eigenvalue weighted by molar-refractivity contribution is 5.94. The lowest BCUT2D eigenvalue weighted by atomic mass is 9.98. The Balaban J connectivity index is 1.46. The number of rotatable bonds is 7. The third-order valence-electron chi connectivity index (χ3n) is 6.75. The van der Waals surface area contributed by atoms with Crippen LogP contribution in [-0.4, -0.2) is 129 Å². The number of carbonyl (C=O) groups excluding carboxylic acids is 1. The molecular formula is C25H34O14. The minimum Gasteiger partial charge on any atom is -0.496 e. The Morgan fingerprint density at radius 1 is 0.897 bits per heavy atom. The summed E-state index contributed by atoms with van der Waals surface area (Å²) in [7, 11) is 1.35. The molecule has 14 heteroatoms. The van der Waals surface area contributed by atoms with Gasteiger partial charge < -0.3 is 64.2 Å². The monoisotopic (exact) mass is 558 g/mol. The number of fused-ring (bicyclic) bond motifs is 1. The second-order valence-corrected chi connectivity index (χ2v) is 10.1. The van der Waals surface area contributed by atoms with Gasteiger partial charge in [0.15, 0.2) is 6.29 Å². The number of ether oxygens (including phenoxy) is 6. The molecule has 6 unspecified atom stereocenters. The van der Waals surface area contributed by atoms with Gasteiger partial charge in [0.25, 0.3) is 0 Å². The molecular weight excluding hydrogens is 524 g/mol. The van der Waals surface area contributed by atoms with E-state index in [1.54, 1.807) is 6.08 Å². The zero-order valence-electron chi connectivity index (χ0n) is 21.5. The highest BCUT2D eigenvalue weighted by atomic mass is 16.7. The third kappa shape index (κ3) is 6.05. The van der Waals surface area contributed by atoms with E-state index in [0.717, 1.165) is 0 Å². The predicted molar refractivity (Wildman–Crippen MR) is 129 cm³/mol. The molecule has 3 heterocycles. The molecule has 0 amide bonds. The van der Waals surface area contributed by atoms with Gasteiger partial charge in [0.1, 0.15) is 71.5 Å². The Hall–Kier alpha value is -2.37. The number of methoxy groups -OCH3 is 1. The molecule has 0 radical (unpaired) electrons. The Kier molecular flexibility index (Phi) is 8.82. The summed E-state index contributed by atoms with van der Waals surface area (Å²) in [5.41, 5.74) is -0.00722. The van der Waals surface area contributed by atoms with Crippen molar-refractivity contribution in [2.75, 3.05) is 20.3 Å². The van der Waals surface area contributed by atoms with Crippen LogP contribution in [0.2, 0.25) is 0 Å². The van der Waals surface area contributed by atoms with Crippen LogP contribution >= 0.6 is 0 Å². The van der Waals surface area contributed by atoms with Crippen molar-refractivity contribution in [3.63, 3.8) is 0 Å². The molecule has 3 aliphatic heterocycles. The summed E-state index contributed by atoms with van der Waals surface area (Å²) in [5, 5.41) is 70.4. The number of carbonyl (C=O) groups is 1. The molecule has 218 valence electrons. The van der Waals surface area contributed by atoms with Crippen LogP contribution in [0.15, 0.2) is 18.2 Å². The van der Waals surface area contributed by atoms with E-state index in [0.29, 0.717) is 11.3 Å². The molecule has 14 nitrogen and oxygen atoms in total. The predicted octanol–water partition coefficient (Wildman–Crippen LogP) is -2.34. The van der Waals surface area contributed by atoms with Crippen LogP contribution in [0.1, 0.15) is 29.8 Å². The maximum Gasteiger partial charge on any atom is 0.344 e. The Bertz CT molecular complexity index is 1060. The van der Waals surface area contributed by atoms with Crippen molar-refractivity contribution in [3.05, 3.63) is 29.3 Å². The van der Waals surface area contributed by atoms with Crippen molar-refractivity contribution in [1.29, 1.82) is 0 Å². The van der Waals surface area contributed by atoms with E-state index in [4.69, 9.17) is 28.4 Å². The summed E-state index contributed by atoms with van der Waals surface area (Å²) in [6.07, 6.45) is -12.7. The SMILES string of the molecule is COc1cc2c(cc1C(=O)OC1OC(COC3OC(CO)[C@@H](O)C(O)[C@H]3O)[C@@H](O)C(O)[C@H]1O)C=CC(C)(C)O2. The minimum absolute atomic E-state index is 0.0188. The number of esters is 1. The van der Waals surface area contributed by atoms with Crippen molar-refractivity contribution in [2.45, 2.75) is 80.9 Å². The first-order valence-electron chi connectivity index (χ1n) is 12.3. The summed E-state index contributed by atoms with van der Waals surface area (Å²) in [6, 6.07) is 2.99. The van der Waals surface area contributed by atoms with Gasteiger partial charge in [-0.15, -0.1) is 0 Å². The Morgan fingerprint density at radius 3 is 2.15 bits per heavy atom. The first-order chi connectivity index (χ1) is 18.4. The van der Waals surface area contributed by atoms with E-state index in [-0.39, 0.29) is 11.3 Å². The summed E-state index contributed by atoms with van der Waals surface area (Å²) in [4.78, 5) is 13.1. The number of aliphatic hydroxyl groups excluding tert-OH is 7. The van der Waals surface area contributed by atoms with Gasteiger partial charge in [-0.25, -0.2) is 4.79 Å². The van der Waals surface area contributed by atoms with E-state index < -0.39 is 86.2 Å². The van der Waals surface area contributed by atoms with Crippen LogP contribution in [0.25, 0.3) is 6.08 Å². The van der Waals surface area contributed by atoms with Crippen LogP contribution < -0.4 is 9.47 Å². The molecule has 2 saturated heterocycles. The lowest BCUT2D eigenvalue weighted by Gasteiger charge is -2.42. The van der Waals surface area contributed by atoms with Gasteiger partial charge in [-0.05, 0) is 26.0 Å². The quantitative estimate of drug-likeness (QED) is 0.175. The fourth-order valence-corrected chi connectivity index (χ4v) is 4.45. The van der Waals surface area contributed by atoms with Crippen molar-refractivity contribution in [2.24, 2.45) is 0 Å². The zero-order valence-corrected chi connectivity index (χ0v) is 21.5. The first-order valence-corrected chi connectivity index (χ1v) is 12.3. The Morgan fingerprint density at radius 2 is 1.51 bits per heavy atom. The average Bonchev–Trinajstić information content (AvgIpc) is 2.90. The molecule has 0 aliphatic carbocycles. The van der Waals surface area contributed by atoms with Crippen molar-refractivity contribution in [1.82, 2.24) is 0 Å². The van der Waals surface area contributed by atoms with Crippen LogP contribution in [0, 0.1) is 0 Å². The molecule has 2 fully saturated rings. The van der Waals surface area contributed by atoms with Gasteiger partial charge >= 0.3 is 5.97 Å². The molecule has 0 saturated carbocycles. The van der Waals surface area contributed by atoms with Crippen molar-refractivity contribution < 1.29 is 69.0 Å². The van der Waals surface area contributed by atoms with E-state index in [1.165, 1.54) is 19.2 Å². The van der Waals surface area contributed by atoms with Crippen LogP contribution in [0.5, 0.6) is 11.5 Å². The molecule has 3 aliphatic rings. The molecule has 10 atom stereocenters. The third-order valence-corrected chi connectivity index (χ3v) is 6.75. The van der Waals surface area contributed by atoms with Gasteiger partial charge in [0, 0.05) is 11.6 Å². The number of hydrogen-bond acceptors (Lipinski definition) is 14. The minimum atomic E-state index is -1.83. The molecule has 0 bridgehead atoms. The molecule has 0 spiro atoms. The Labute approximate surface area is 223 Å². The van der Waals surface area contributed by atoms with Gasteiger partial charge in [0.2, 0.25) is 6.29 Å². The summed E-state index contributed by atoms with van der Waals surface area (Å²) < 4.78 is 32.6. The summed E-state index contributed by atoms with van der Waals surface area (Å²) >= 11 is 0. The molecule has 4 rings (SSSR count). The topological polar surface area (TPSA) is 214 Å². The number of aliphatic hydroxyl groups is 7. The highest BCUT2D eigenvalue weighted by Gasteiger charge is 2.48. The van der Waals surface area contributed by atoms with Gasteiger partial charge in [-0.1, -0.05) is 6.08 Å². The van der Waals surface area contributed by atoms with Crippen molar-refractivity contribution in [3.8, 4) is 11.5 Å². The molecule has 1 aromatic carbocycles. The molecule has 0 aromatic heterocycles. The summed E-state index contributed by atoms with van der Waals surface area (Å²) in [6.45, 7) is 2.48. The smallest absolute Gasteiger partial charge is 0.344 e. The van der Waals surface area contributed by atoms with E-state index in [2.05, 4.69) is 0 Å². The fourth-order valence-electron chi connectivity index (χ4n) is 4.45.